The Kier molecular flexibility index (Phi) is 9.65. The second kappa shape index (κ2) is 13.4. The second-order valence-electron chi connectivity index (χ2n) is 11.3. The molecule has 1 saturated heterocycles. The normalized spacial score (nSPS) is 15.7. The first kappa shape index (κ1) is 29.6. The molecule has 0 saturated carbocycles. The summed E-state index contributed by atoms with van der Waals surface area (Å²) in [6, 6.07) is 23.6. The number of rotatable bonds is 9. The van der Waals surface area contributed by atoms with Gasteiger partial charge < -0.3 is 19.5 Å². The number of phenolic OH excluding ortho intramolecular Hbond substituents is 1. The quantitative estimate of drug-likeness (QED) is 0.350. The molecule has 1 aliphatic rings. The zero-order chi connectivity index (χ0) is 29.4. The van der Waals surface area contributed by atoms with Crippen LogP contribution < -0.4 is 0 Å². The first-order valence-corrected chi connectivity index (χ1v) is 13.9. The van der Waals surface area contributed by atoms with E-state index in [-0.39, 0.29) is 31.2 Å². The van der Waals surface area contributed by atoms with E-state index >= 15 is 0 Å². The zero-order valence-electron chi connectivity index (χ0n) is 23.9. The Balaban J connectivity index is 1.64. The molecule has 0 spiro atoms. The van der Waals surface area contributed by atoms with Gasteiger partial charge >= 0.3 is 12.1 Å². The molecule has 0 radical (unpaired) electrons. The maximum Gasteiger partial charge on any atom is 0.411 e. The van der Waals surface area contributed by atoms with E-state index in [2.05, 4.69) is 0 Å². The van der Waals surface area contributed by atoms with Gasteiger partial charge in [-0.05, 0) is 62.4 Å². The molecule has 2 unspecified atom stereocenters. The van der Waals surface area contributed by atoms with Crippen molar-refractivity contribution in [1.29, 1.82) is 0 Å². The SMILES string of the molecule is CC(C)(C)OC(=O)N(Cc1ccccc1)C(Cc1ccc(O)cc1)C(=O)N1CCCC1C(=O)OCc1ccccc1. The van der Waals surface area contributed by atoms with Gasteiger partial charge in [-0.1, -0.05) is 72.8 Å². The van der Waals surface area contributed by atoms with Gasteiger partial charge in [-0.2, -0.15) is 0 Å². The third-order valence-corrected chi connectivity index (χ3v) is 6.88. The van der Waals surface area contributed by atoms with E-state index in [0.29, 0.717) is 19.4 Å². The van der Waals surface area contributed by atoms with Crippen LogP contribution in [0.2, 0.25) is 0 Å². The number of benzene rings is 3. The molecule has 1 fully saturated rings. The Hall–Kier alpha value is -4.33. The number of phenols is 1. The summed E-state index contributed by atoms with van der Waals surface area (Å²) in [4.78, 5) is 44.1. The van der Waals surface area contributed by atoms with Crippen LogP contribution in [0.25, 0.3) is 0 Å². The third-order valence-electron chi connectivity index (χ3n) is 6.88. The molecular weight excluding hydrogens is 520 g/mol. The van der Waals surface area contributed by atoms with E-state index in [4.69, 9.17) is 9.47 Å². The molecule has 8 nitrogen and oxygen atoms in total. The van der Waals surface area contributed by atoms with Gasteiger partial charge in [0.2, 0.25) is 5.91 Å². The van der Waals surface area contributed by atoms with Crippen LogP contribution in [0.15, 0.2) is 84.9 Å². The summed E-state index contributed by atoms with van der Waals surface area (Å²) in [5.41, 5.74) is 1.67. The number of nitrogens with zero attached hydrogens (tertiary/aromatic N) is 2. The van der Waals surface area contributed by atoms with Crippen LogP contribution in [-0.4, -0.2) is 57.1 Å². The third kappa shape index (κ3) is 8.33. The summed E-state index contributed by atoms with van der Waals surface area (Å²) in [7, 11) is 0. The lowest BCUT2D eigenvalue weighted by molar-refractivity contribution is -0.156. The van der Waals surface area contributed by atoms with E-state index in [1.165, 1.54) is 4.90 Å². The number of carbonyl (C=O) groups excluding carboxylic acids is 3. The van der Waals surface area contributed by atoms with Crippen molar-refractivity contribution in [3.8, 4) is 5.75 Å². The van der Waals surface area contributed by atoms with Crippen molar-refractivity contribution < 1.29 is 29.0 Å². The smallest absolute Gasteiger partial charge is 0.411 e. The Morgan fingerprint density at radius 1 is 0.902 bits per heavy atom. The fraction of sp³-hybridized carbons (Fsp3) is 0.364. The van der Waals surface area contributed by atoms with Gasteiger partial charge in [0.25, 0.3) is 0 Å². The number of amides is 2. The van der Waals surface area contributed by atoms with Crippen LogP contribution in [0.5, 0.6) is 5.75 Å². The van der Waals surface area contributed by atoms with Gasteiger partial charge in [0.15, 0.2) is 0 Å². The monoisotopic (exact) mass is 558 g/mol. The summed E-state index contributed by atoms with van der Waals surface area (Å²) >= 11 is 0. The highest BCUT2D eigenvalue weighted by atomic mass is 16.6. The lowest BCUT2D eigenvalue weighted by Crippen LogP contribution is -2.55. The summed E-state index contributed by atoms with van der Waals surface area (Å²) < 4.78 is 11.4. The van der Waals surface area contributed by atoms with E-state index in [1.54, 1.807) is 49.9 Å². The average molecular weight is 559 g/mol. The van der Waals surface area contributed by atoms with Crippen molar-refractivity contribution in [2.45, 2.75) is 70.9 Å². The number of aromatic hydroxyl groups is 1. The van der Waals surface area contributed by atoms with Crippen molar-refractivity contribution in [3.05, 3.63) is 102 Å². The van der Waals surface area contributed by atoms with E-state index < -0.39 is 29.7 Å². The van der Waals surface area contributed by atoms with Crippen LogP contribution in [-0.2, 0) is 38.6 Å². The highest BCUT2D eigenvalue weighted by molar-refractivity contribution is 5.90. The highest BCUT2D eigenvalue weighted by Gasteiger charge is 2.42. The van der Waals surface area contributed by atoms with Crippen molar-refractivity contribution in [2.24, 2.45) is 0 Å². The van der Waals surface area contributed by atoms with E-state index in [0.717, 1.165) is 16.7 Å². The van der Waals surface area contributed by atoms with Gasteiger partial charge in [0.05, 0.1) is 0 Å². The van der Waals surface area contributed by atoms with Gasteiger partial charge in [0.1, 0.15) is 30.0 Å². The fourth-order valence-electron chi connectivity index (χ4n) is 4.88. The second-order valence-corrected chi connectivity index (χ2v) is 11.3. The predicted molar refractivity (Wildman–Crippen MR) is 155 cm³/mol. The molecule has 1 aliphatic heterocycles. The lowest BCUT2D eigenvalue weighted by Gasteiger charge is -2.36. The standard InChI is InChI=1S/C33H38N2O6/c1-33(2,3)41-32(39)35(22-25-11-6-4-7-12-25)29(21-24-16-18-27(36)19-17-24)30(37)34-20-10-15-28(34)31(38)40-23-26-13-8-5-9-14-26/h4-9,11-14,16-19,28-29,36H,10,15,20-23H2,1-3H3. The number of hydrogen-bond acceptors (Lipinski definition) is 6. The minimum Gasteiger partial charge on any atom is -0.508 e. The molecule has 216 valence electrons. The Morgan fingerprint density at radius 2 is 1.51 bits per heavy atom. The molecule has 0 aliphatic carbocycles. The van der Waals surface area contributed by atoms with Crippen LogP contribution >= 0.6 is 0 Å². The lowest BCUT2D eigenvalue weighted by atomic mass is 10.0. The number of hydrogen-bond donors (Lipinski definition) is 1. The zero-order valence-corrected chi connectivity index (χ0v) is 23.9. The molecule has 2 amide bonds. The van der Waals surface area contributed by atoms with Gasteiger partial charge in [-0.15, -0.1) is 0 Å². The number of carbonyl (C=O) groups is 3. The molecule has 8 heteroatoms. The predicted octanol–water partition coefficient (Wildman–Crippen LogP) is 5.48. The first-order valence-electron chi connectivity index (χ1n) is 13.9. The molecule has 3 aromatic rings. The van der Waals surface area contributed by atoms with Gasteiger partial charge in [-0.25, -0.2) is 9.59 Å². The van der Waals surface area contributed by atoms with Crippen LogP contribution in [0, 0.1) is 0 Å². The number of likely N-dealkylation sites (tertiary alicyclic amines) is 1. The minimum absolute atomic E-state index is 0.102. The maximum absolute atomic E-state index is 14.3. The largest absolute Gasteiger partial charge is 0.508 e. The number of esters is 1. The van der Waals surface area contributed by atoms with Crippen LogP contribution in [0.3, 0.4) is 0 Å². The van der Waals surface area contributed by atoms with Crippen molar-refractivity contribution in [2.75, 3.05) is 6.54 Å². The molecule has 0 aromatic heterocycles. The van der Waals surface area contributed by atoms with Crippen LogP contribution in [0.4, 0.5) is 4.79 Å². The van der Waals surface area contributed by atoms with Gasteiger partial charge in [0, 0.05) is 19.5 Å². The fourth-order valence-corrected chi connectivity index (χ4v) is 4.88. The van der Waals surface area contributed by atoms with E-state index in [9.17, 15) is 19.5 Å². The summed E-state index contributed by atoms with van der Waals surface area (Å²) in [6.07, 6.45) is 0.679. The maximum atomic E-state index is 14.3. The Labute approximate surface area is 241 Å². The molecule has 1 N–H and O–H groups in total. The molecular formula is C33H38N2O6. The average Bonchev–Trinajstić information content (AvgIpc) is 3.45. The molecule has 41 heavy (non-hydrogen) atoms. The van der Waals surface area contributed by atoms with Crippen LogP contribution in [0.1, 0.15) is 50.3 Å². The summed E-state index contributed by atoms with van der Waals surface area (Å²) in [6.45, 7) is 5.98. The molecule has 1 heterocycles. The topological polar surface area (TPSA) is 96.4 Å². The van der Waals surface area contributed by atoms with Gasteiger partial charge in [-0.3, -0.25) is 9.69 Å². The Bertz CT molecular complexity index is 1310. The minimum atomic E-state index is -0.961. The van der Waals surface area contributed by atoms with Crippen molar-refractivity contribution >= 4 is 18.0 Å². The highest BCUT2D eigenvalue weighted by Crippen LogP contribution is 2.26. The summed E-state index contributed by atoms with van der Waals surface area (Å²) in [5.74, 6) is -0.709. The Morgan fingerprint density at radius 3 is 2.12 bits per heavy atom. The molecule has 2 atom stereocenters. The molecule has 3 aromatic carbocycles. The number of ether oxygens (including phenoxy) is 2. The molecule has 4 rings (SSSR count). The van der Waals surface area contributed by atoms with Crippen molar-refractivity contribution in [3.63, 3.8) is 0 Å². The van der Waals surface area contributed by atoms with E-state index in [1.807, 2.05) is 60.7 Å². The van der Waals surface area contributed by atoms with Crippen molar-refractivity contribution in [1.82, 2.24) is 9.80 Å². The molecule has 0 bridgehead atoms. The summed E-state index contributed by atoms with van der Waals surface area (Å²) in [5, 5.41) is 9.81. The first-order chi connectivity index (χ1) is 19.6.